The van der Waals surface area contributed by atoms with Crippen molar-refractivity contribution < 1.29 is 28.3 Å². The first-order chi connectivity index (χ1) is 7.48. The van der Waals surface area contributed by atoms with Crippen molar-refractivity contribution in [3.8, 4) is 0 Å². The van der Waals surface area contributed by atoms with Crippen LogP contribution in [0.3, 0.4) is 0 Å². The number of aliphatic hydroxyl groups is 1. The third kappa shape index (κ3) is 4.16. The lowest BCUT2D eigenvalue weighted by Crippen LogP contribution is -2.26. The van der Waals surface area contributed by atoms with Crippen LogP contribution in [-0.4, -0.2) is 48.7 Å². The van der Waals surface area contributed by atoms with Crippen molar-refractivity contribution in [2.75, 3.05) is 13.2 Å². The lowest BCUT2D eigenvalue weighted by Gasteiger charge is -2.17. The van der Waals surface area contributed by atoms with E-state index in [4.69, 9.17) is 14.2 Å². The molecule has 1 aliphatic rings. The number of rotatable bonds is 6. The van der Waals surface area contributed by atoms with E-state index >= 15 is 0 Å². The fourth-order valence-electron chi connectivity index (χ4n) is 1.60. The average Bonchev–Trinajstić information content (AvgIpc) is 2.56. The number of hydrogen-bond acceptors (Lipinski definition) is 5. The summed E-state index contributed by atoms with van der Waals surface area (Å²) >= 11 is 0. The number of phosphoric ester groups is 1. The quantitative estimate of drug-likeness (QED) is 0.515. The summed E-state index contributed by atoms with van der Waals surface area (Å²) in [7, 11) is -3.19. The minimum absolute atomic E-state index is 0.00577. The first-order valence-electron chi connectivity index (χ1n) is 5.44. The second kappa shape index (κ2) is 6.14. The fraction of sp³-hybridized carbons (Fsp3) is 1.00. The maximum absolute atomic E-state index is 11.2. The summed E-state index contributed by atoms with van der Waals surface area (Å²) in [5.41, 5.74) is 0. The number of phosphoric acid groups is 1. The van der Waals surface area contributed by atoms with Crippen LogP contribution >= 0.6 is 7.82 Å². The molecular formula is C8H18BO6P. The average molecular weight is 252 g/mol. The largest absolute Gasteiger partial charge is 0.472 e. The predicted octanol–water partition coefficient (Wildman–Crippen LogP) is 0.100. The Morgan fingerprint density at radius 2 is 2.25 bits per heavy atom. The highest BCUT2D eigenvalue weighted by Gasteiger charge is 2.35. The molecule has 0 aromatic carbocycles. The Kier molecular flexibility index (Phi) is 5.44. The summed E-state index contributed by atoms with van der Waals surface area (Å²) in [4.78, 5) is 9.16. The monoisotopic (exact) mass is 252 g/mol. The van der Waals surface area contributed by atoms with Gasteiger partial charge in [0.2, 0.25) is 0 Å². The van der Waals surface area contributed by atoms with Gasteiger partial charge in [-0.2, -0.15) is 0 Å². The molecule has 0 bridgehead atoms. The van der Waals surface area contributed by atoms with E-state index in [0.29, 0.717) is 6.42 Å². The molecule has 8 heteroatoms. The van der Waals surface area contributed by atoms with Crippen molar-refractivity contribution >= 4 is 15.1 Å². The van der Waals surface area contributed by atoms with Crippen molar-refractivity contribution in [3.63, 3.8) is 0 Å². The van der Waals surface area contributed by atoms with Crippen LogP contribution in [-0.2, 0) is 18.3 Å². The molecule has 6 nitrogen and oxygen atoms in total. The van der Waals surface area contributed by atoms with E-state index in [1.807, 2.05) is 6.82 Å². The first-order valence-corrected chi connectivity index (χ1v) is 6.93. The number of aliphatic hydroxyl groups excluding tert-OH is 1. The highest BCUT2D eigenvalue weighted by molar-refractivity contribution is 7.47. The molecule has 1 aliphatic heterocycles. The first kappa shape index (κ1) is 14.2. The van der Waals surface area contributed by atoms with E-state index in [9.17, 15) is 9.67 Å². The zero-order chi connectivity index (χ0) is 12.2. The summed E-state index contributed by atoms with van der Waals surface area (Å²) in [6.45, 7) is 3.52. The summed E-state index contributed by atoms with van der Waals surface area (Å²) < 4.78 is 25.9. The van der Waals surface area contributed by atoms with Crippen LogP contribution in [0.2, 0.25) is 6.82 Å². The van der Waals surface area contributed by atoms with Crippen LogP contribution in [0.5, 0.6) is 0 Å². The highest BCUT2D eigenvalue weighted by atomic mass is 31.2. The minimum atomic E-state index is -3.99. The molecular weight excluding hydrogens is 234 g/mol. The van der Waals surface area contributed by atoms with Crippen molar-refractivity contribution in [3.05, 3.63) is 0 Å². The molecule has 4 unspecified atom stereocenters. The van der Waals surface area contributed by atoms with E-state index < -0.39 is 20.0 Å². The molecule has 0 amide bonds. The molecule has 1 fully saturated rings. The van der Waals surface area contributed by atoms with E-state index in [-0.39, 0.29) is 19.2 Å². The second-order valence-electron chi connectivity index (χ2n) is 3.69. The number of ether oxygens (including phenoxy) is 1. The zero-order valence-corrected chi connectivity index (χ0v) is 10.4. The van der Waals surface area contributed by atoms with Gasteiger partial charge in [-0.05, 0) is 13.3 Å². The molecule has 0 aliphatic carbocycles. The fourth-order valence-corrected chi connectivity index (χ4v) is 2.33. The third-order valence-electron chi connectivity index (χ3n) is 2.45. The minimum Gasteiger partial charge on any atom is -0.390 e. The van der Waals surface area contributed by atoms with Crippen LogP contribution in [0.25, 0.3) is 0 Å². The van der Waals surface area contributed by atoms with Gasteiger partial charge in [-0.25, -0.2) is 4.57 Å². The molecule has 1 heterocycles. The smallest absolute Gasteiger partial charge is 0.390 e. The molecule has 1 rings (SSSR count). The van der Waals surface area contributed by atoms with E-state index in [0.717, 1.165) is 7.28 Å². The van der Waals surface area contributed by atoms with Gasteiger partial charge in [-0.3, -0.25) is 9.05 Å². The van der Waals surface area contributed by atoms with E-state index in [2.05, 4.69) is 4.52 Å². The molecule has 0 saturated carbocycles. The Hall–Kier alpha value is 0.0949. The molecule has 1 saturated heterocycles. The van der Waals surface area contributed by atoms with E-state index in [1.54, 1.807) is 6.92 Å². The maximum Gasteiger partial charge on any atom is 0.472 e. The van der Waals surface area contributed by atoms with Gasteiger partial charge in [0, 0.05) is 6.00 Å². The van der Waals surface area contributed by atoms with Crippen molar-refractivity contribution in [2.45, 2.75) is 38.4 Å². The Balaban J connectivity index is 2.35. The predicted molar refractivity (Wildman–Crippen MR) is 59.7 cm³/mol. The van der Waals surface area contributed by atoms with Gasteiger partial charge in [-0.15, -0.1) is 0 Å². The Labute approximate surface area is 95.8 Å². The molecule has 94 valence electrons. The van der Waals surface area contributed by atoms with Crippen molar-refractivity contribution in [1.29, 1.82) is 0 Å². The van der Waals surface area contributed by atoms with Gasteiger partial charge < -0.3 is 14.7 Å². The Morgan fingerprint density at radius 1 is 1.56 bits per heavy atom. The molecule has 0 aromatic heterocycles. The third-order valence-corrected chi connectivity index (χ3v) is 3.51. The van der Waals surface area contributed by atoms with Gasteiger partial charge in [0.1, 0.15) is 6.10 Å². The van der Waals surface area contributed by atoms with E-state index in [1.165, 1.54) is 0 Å². The van der Waals surface area contributed by atoms with Crippen LogP contribution in [0, 0.1) is 0 Å². The van der Waals surface area contributed by atoms with Gasteiger partial charge in [0.15, 0.2) is 7.28 Å². The van der Waals surface area contributed by atoms with Gasteiger partial charge in [-0.1, -0.05) is 6.82 Å². The summed E-state index contributed by atoms with van der Waals surface area (Å²) in [5, 5.41) is 9.60. The van der Waals surface area contributed by atoms with Crippen LogP contribution in [0.15, 0.2) is 0 Å². The highest BCUT2D eigenvalue weighted by Crippen LogP contribution is 2.43. The maximum atomic E-state index is 11.2. The molecule has 0 aromatic rings. The molecule has 4 atom stereocenters. The van der Waals surface area contributed by atoms with Gasteiger partial charge >= 0.3 is 7.82 Å². The lowest BCUT2D eigenvalue weighted by molar-refractivity contribution is -0.00717. The normalized spacial score (nSPS) is 33.6. The van der Waals surface area contributed by atoms with Crippen molar-refractivity contribution in [1.82, 2.24) is 0 Å². The molecule has 2 N–H and O–H groups in total. The zero-order valence-electron chi connectivity index (χ0n) is 9.54. The Bertz CT molecular complexity index is 263. The molecule has 0 radical (unpaired) electrons. The van der Waals surface area contributed by atoms with Gasteiger partial charge in [0.05, 0.1) is 19.3 Å². The van der Waals surface area contributed by atoms with Crippen LogP contribution in [0.4, 0.5) is 0 Å². The van der Waals surface area contributed by atoms with Crippen LogP contribution < -0.4 is 0 Å². The topological polar surface area (TPSA) is 85.2 Å². The van der Waals surface area contributed by atoms with Gasteiger partial charge in [0.25, 0.3) is 0 Å². The Morgan fingerprint density at radius 3 is 2.75 bits per heavy atom. The van der Waals surface area contributed by atoms with Crippen molar-refractivity contribution in [2.24, 2.45) is 0 Å². The number of hydrogen-bond donors (Lipinski definition) is 2. The lowest BCUT2D eigenvalue weighted by atomic mass is 9.73. The summed E-state index contributed by atoms with van der Waals surface area (Å²) in [5.74, 6) is 0. The summed E-state index contributed by atoms with van der Waals surface area (Å²) in [6, 6.07) is -0.00577. The molecule has 16 heavy (non-hydrogen) atoms. The SMILES string of the molecule is CBC1CC(O)C(COP(=O)(O)OCC)O1. The molecule has 0 spiro atoms. The van der Waals surface area contributed by atoms with Crippen LogP contribution in [0.1, 0.15) is 13.3 Å². The second-order valence-corrected chi connectivity index (χ2v) is 5.14. The standard InChI is InChI=1S/C8H18BO6P/c1-3-13-16(11,12)14-5-7-6(10)4-8(9-2)15-7/h6-10H,3-5H2,1-2H3,(H,11,12). The summed E-state index contributed by atoms with van der Waals surface area (Å²) in [6.07, 6.45) is -0.660.